The number of ketones is 1. The van der Waals surface area contributed by atoms with Crippen LogP contribution in [0, 0.1) is 29.6 Å². The number of hydrogen-bond donors (Lipinski definition) is 9. The third kappa shape index (κ3) is 48.7. The lowest BCUT2D eigenvalue weighted by Gasteiger charge is -2.24. The lowest BCUT2D eigenvalue weighted by atomic mass is 9.84. The predicted molar refractivity (Wildman–Crippen MR) is 580 cm³/mol. The number of nitrogens with two attached hydrogens (primary N) is 7. The van der Waals surface area contributed by atoms with Gasteiger partial charge in [-0.1, -0.05) is 301 Å². The van der Waals surface area contributed by atoms with Gasteiger partial charge in [-0.3, -0.25) is 4.79 Å². The number of unbranched alkanes of at least 4 members (excludes halogenated alkanes) is 7. The Morgan fingerprint density at radius 3 is 0.965 bits per heavy atom. The summed E-state index contributed by atoms with van der Waals surface area (Å²) in [4.78, 5) is 83.3. The van der Waals surface area contributed by atoms with Crippen LogP contribution in [-0.2, 0) is 70.0 Å². The first kappa shape index (κ1) is 119. The van der Waals surface area contributed by atoms with E-state index in [1.165, 1.54) is 275 Å². The molecule has 790 valence electrons. The first-order valence-corrected chi connectivity index (χ1v) is 54.7. The maximum atomic E-state index is 12.2. The molecule has 6 fully saturated rings. The molecule has 142 heavy (non-hydrogen) atoms. The zero-order valence-corrected chi connectivity index (χ0v) is 88.5. The van der Waals surface area contributed by atoms with Crippen LogP contribution >= 0.6 is 0 Å². The van der Waals surface area contributed by atoms with Gasteiger partial charge in [0.15, 0.2) is 5.78 Å². The molecule has 24 nitrogen and oxygen atoms in total. The first-order chi connectivity index (χ1) is 68.4. The Morgan fingerprint density at radius 1 is 0.317 bits per heavy atom. The molecular formula is C118H183N9O15. The van der Waals surface area contributed by atoms with E-state index in [4.69, 9.17) is 73.3 Å². The van der Waals surface area contributed by atoms with Crippen LogP contribution in [0.15, 0.2) is 109 Å². The molecule has 0 saturated heterocycles. The quantitative estimate of drug-likeness (QED) is 0.00567. The zero-order chi connectivity index (χ0) is 103. The van der Waals surface area contributed by atoms with Crippen LogP contribution < -0.4 is 50.8 Å². The number of rotatable bonds is 40. The van der Waals surface area contributed by atoms with Crippen LogP contribution in [0.1, 0.15) is 428 Å². The molecule has 16 N–H and O–H groups in total. The SMILES string of the molecule is CC(C)(C)OC(=O)NCCOCCOC(=O)c1ccc(CC2CCCCC2)c(N)c1.CC(C)(C)OC(=O)c1ccc(CC2CCCCCCC2)c(N)c1.CCCC(=O)c1ccc(CC2CCCCCCC2)c(N)c1.CCCCCCCCCCOC(=O)c1ccc(NC2CCCCC2)c(N)c1.COC(=O)c1ccc(CC2CCCCC2)c(N)c1.NCCOCCOC(=O)c1ccc(CC2CCCCC2)c(N)c1. The first-order valence-electron chi connectivity index (χ1n) is 54.7. The summed E-state index contributed by atoms with van der Waals surface area (Å²) >= 11 is 0. The van der Waals surface area contributed by atoms with Gasteiger partial charge in [0.1, 0.15) is 24.4 Å². The molecule has 0 atom stereocenters. The van der Waals surface area contributed by atoms with Crippen LogP contribution in [0.2, 0.25) is 0 Å². The molecule has 12 rings (SSSR count). The van der Waals surface area contributed by atoms with Crippen molar-refractivity contribution in [3.8, 4) is 0 Å². The smallest absolute Gasteiger partial charge is 0.407 e. The molecule has 0 heterocycles. The van der Waals surface area contributed by atoms with Crippen LogP contribution in [-0.4, -0.2) is 125 Å². The maximum absolute atomic E-state index is 12.2. The zero-order valence-electron chi connectivity index (χ0n) is 88.5. The highest BCUT2D eigenvalue weighted by Crippen LogP contribution is 2.36. The minimum atomic E-state index is -0.531. The number of hydrogen-bond acceptors (Lipinski definition) is 23. The molecule has 6 aromatic rings. The van der Waals surface area contributed by atoms with Gasteiger partial charge in [0, 0.05) is 59.6 Å². The second-order valence-corrected chi connectivity index (χ2v) is 42.3. The van der Waals surface area contributed by atoms with Gasteiger partial charge >= 0.3 is 35.9 Å². The summed E-state index contributed by atoms with van der Waals surface area (Å²) in [5, 5.41) is 6.12. The third-order valence-corrected chi connectivity index (χ3v) is 27.8. The van der Waals surface area contributed by atoms with E-state index in [-0.39, 0.29) is 49.5 Å². The van der Waals surface area contributed by atoms with Crippen molar-refractivity contribution in [1.29, 1.82) is 0 Å². The summed E-state index contributed by atoms with van der Waals surface area (Å²) in [5.74, 6) is 2.20. The molecule has 0 spiro atoms. The van der Waals surface area contributed by atoms with Crippen molar-refractivity contribution in [3.05, 3.63) is 170 Å². The van der Waals surface area contributed by atoms with Crippen LogP contribution in [0.5, 0.6) is 0 Å². The number of carbonyl (C=O) groups is 7. The van der Waals surface area contributed by atoms with Crippen LogP contribution in [0.3, 0.4) is 0 Å². The van der Waals surface area contributed by atoms with E-state index in [1.54, 1.807) is 69.3 Å². The van der Waals surface area contributed by atoms with Crippen LogP contribution in [0.25, 0.3) is 0 Å². The van der Waals surface area contributed by atoms with E-state index in [0.717, 1.165) is 114 Å². The summed E-state index contributed by atoms with van der Waals surface area (Å²) in [6, 6.07) is 33.9. The molecule has 6 aliphatic rings. The number of ether oxygens (including phenoxy) is 8. The van der Waals surface area contributed by atoms with Gasteiger partial charge < -0.3 is 88.7 Å². The summed E-state index contributed by atoms with van der Waals surface area (Å²) in [5.41, 5.74) is 55.4. The van der Waals surface area contributed by atoms with Gasteiger partial charge in [0.05, 0.1) is 79.3 Å². The van der Waals surface area contributed by atoms with E-state index in [1.807, 2.05) is 82.3 Å². The topological polar surface area (TPSA) is 400 Å². The lowest BCUT2D eigenvalue weighted by molar-refractivity contribution is 0.00679. The van der Waals surface area contributed by atoms with E-state index < -0.39 is 23.3 Å². The van der Waals surface area contributed by atoms with Gasteiger partial charge in [-0.2, -0.15) is 0 Å². The number of nitrogen functional groups attached to an aromatic ring is 6. The van der Waals surface area contributed by atoms with Gasteiger partial charge in [-0.25, -0.2) is 28.8 Å². The van der Waals surface area contributed by atoms with Gasteiger partial charge in [0.25, 0.3) is 0 Å². The average molecular weight is 1970 g/mol. The Hall–Kier alpha value is -9.91. The Morgan fingerprint density at radius 2 is 0.620 bits per heavy atom. The van der Waals surface area contributed by atoms with Gasteiger partial charge in [0.2, 0.25) is 0 Å². The van der Waals surface area contributed by atoms with Crippen molar-refractivity contribution in [2.24, 2.45) is 35.3 Å². The third-order valence-electron chi connectivity index (χ3n) is 27.8. The molecule has 6 saturated carbocycles. The second-order valence-electron chi connectivity index (χ2n) is 42.3. The standard InChI is InChI=1S/C23H36N2O5.C23H38N2O2.C20H31NO2.C19H29NO.C18H28N2O3.C15H21NO2/c1-23(2,3)30-22(27)25-11-12-28-13-14-29-21(26)19-10-9-18(20(24)16-19)15-17-7-5-4-6-8-17;1-2-3-4-5-6-7-8-12-17-27-23(26)19-15-16-22(21(24)18-19)25-20-13-10-9-11-14-20;1-20(2,3)23-19(22)17-12-11-16(18(21)14-17)13-15-9-7-5-4-6-8-10-15;1-2-8-19(21)17-12-11-16(18(20)14-17)13-15-9-6-4-3-5-7-10-15;19-8-9-22-10-11-23-18(21)16-7-6-15(17(20)13-16)12-14-4-2-1-3-5-14;1-18-15(17)13-8-7-12(14(16)10-13)9-11-5-3-2-4-6-11/h9-10,16-17H,4-8,11-15,24H2,1-3H3,(H,25,27);15-16,18,20,25H,2-14,17,24H2,1H3;11-12,14-15H,4-10,13,21H2,1-3H3;11-12,14-15H,2-10,13,20H2,1H3;6-7,13-14H,1-5,8-12,19-20H2;7-8,10-11H,2-6,9,16H2,1H3. The highest BCUT2D eigenvalue weighted by molar-refractivity contribution is 5.97. The molecule has 1 amide bonds. The number of benzene rings is 6. The maximum Gasteiger partial charge on any atom is 0.407 e. The van der Waals surface area contributed by atoms with Crippen LogP contribution in [0.4, 0.5) is 44.6 Å². The number of amides is 1. The number of alkyl carbamates (subject to hydrolysis) is 1. The molecule has 24 heteroatoms. The van der Waals surface area contributed by atoms with Crippen molar-refractivity contribution in [2.45, 2.75) is 387 Å². The van der Waals surface area contributed by atoms with Crippen molar-refractivity contribution in [3.63, 3.8) is 0 Å². The Bertz CT molecular complexity index is 4640. The van der Waals surface area contributed by atoms with E-state index in [0.29, 0.717) is 108 Å². The highest BCUT2D eigenvalue weighted by atomic mass is 16.6. The van der Waals surface area contributed by atoms with E-state index in [2.05, 4.69) is 28.4 Å². The molecular weight excluding hydrogens is 1780 g/mol. The predicted octanol–water partition coefficient (Wildman–Crippen LogP) is 26.4. The fourth-order valence-electron chi connectivity index (χ4n) is 19.8. The molecule has 0 bridgehead atoms. The van der Waals surface area contributed by atoms with Crippen molar-refractivity contribution in [1.82, 2.24) is 5.32 Å². The Kier molecular flexibility index (Phi) is 56.7. The summed E-state index contributed by atoms with van der Waals surface area (Å²) in [6.07, 6.45) is 60.9. The number of esters is 5. The second kappa shape index (κ2) is 67.7. The Labute approximate surface area is 852 Å². The average Bonchev–Trinajstić information content (AvgIpc) is 0.815. The largest absolute Gasteiger partial charge is 0.465 e. The van der Waals surface area contributed by atoms with Crippen molar-refractivity contribution >= 4 is 81.5 Å². The molecule has 6 aromatic carbocycles. The van der Waals surface area contributed by atoms with E-state index >= 15 is 0 Å². The molecule has 0 aliphatic heterocycles. The normalized spacial score (nSPS) is 15.9. The molecule has 6 aliphatic carbocycles. The fourth-order valence-corrected chi connectivity index (χ4v) is 19.8. The van der Waals surface area contributed by atoms with Gasteiger partial charge in [-0.05, 0) is 230 Å². The number of nitrogens with one attached hydrogen (secondary N) is 2. The monoisotopic (exact) mass is 1970 g/mol. The highest BCUT2D eigenvalue weighted by Gasteiger charge is 2.26. The number of methoxy groups -OCH3 is 1. The minimum absolute atomic E-state index is 0.134. The summed E-state index contributed by atoms with van der Waals surface area (Å²) in [6.45, 7) is 18.3. The molecule has 0 unspecified atom stereocenters. The summed E-state index contributed by atoms with van der Waals surface area (Å²) in [7, 11) is 1.38. The number of carbonyl (C=O) groups excluding carboxylic acids is 7. The van der Waals surface area contributed by atoms with Crippen molar-refractivity contribution < 1.29 is 71.5 Å². The van der Waals surface area contributed by atoms with Gasteiger partial charge in [-0.15, -0.1) is 0 Å². The molecule has 0 radical (unpaired) electrons. The lowest BCUT2D eigenvalue weighted by Crippen LogP contribution is -2.34. The summed E-state index contributed by atoms with van der Waals surface area (Å²) < 4.78 is 41.5. The van der Waals surface area contributed by atoms with Crippen molar-refractivity contribution in [2.75, 3.05) is 106 Å². The number of anilines is 7. The minimum Gasteiger partial charge on any atom is -0.465 e. The number of Topliss-reactive ketones (excluding diaryl/α,β-unsaturated/α-hetero) is 1. The van der Waals surface area contributed by atoms with E-state index in [9.17, 15) is 33.6 Å². The fraction of sp³-hybridized carbons (Fsp3) is 0.636. The Balaban J connectivity index is 0.000000233. The molecule has 0 aromatic heterocycles.